The van der Waals surface area contributed by atoms with E-state index >= 15 is 0 Å². The van der Waals surface area contributed by atoms with E-state index in [1.165, 1.54) is 4.90 Å². The van der Waals surface area contributed by atoms with Crippen molar-refractivity contribution in [1.29, 1.82) is 0 Å². The summed E-state index contributed by atoms with van der Waals surface area (Å²) in [5, 5.41) is 10.9. The summed E-state index contributed by atoms with van der Waals surface area (Å²) >= 11 is 0. The van der Waals surface area contributed by atoms with E-state index in [0.717, 1.165) is 0 Å². The molecule has 1 aliphatic rings. The van der Waals surface area contributed by atoms with Gasteiger partial charge < -0.3 is 10.6 Å². The fraction of sp³-hybridized carbons (Fsp3) is 0.417. The van der Waals surface area contributed by atoms with Gasteiger partial charge in [-0.05, 0) is 18.9 Å². The van der Waals surface area contributed by atoms with Crippen LogP contribution in [0.5, 0.6) is 0 Å². The molecule has 0 radical (unpaired) electrons. The first-order valence-electron chi connectivity index (χ1n) is 6.08. The third-order valence-corrected chi connectivity index (χ3v) is 3.29. The van der Waals surface area contributed by atoms with E-state index in [-0.39, 0.29) is 6.04 Å². The van der Waals surface area contributed by atoms with Crippen LogP contribution < -0.4 is 5.73 Å². The van der Waals surface area contributed by atoms with Crippen LogP contribution >= 0.6 is 0 Å². The zero-order valence-electron chi connectivity index (χ0n) is 10.5. The van der Waals surface area contributed by atoms with Gasteiger partial charge in [0.05, 0.1) is 11.0 Å². The second-order valence-corrected chi connectivity index (χ2v) is 4.67. The topological polar surface area (TPSA) is 89.5 Å². The number of nitro groups is 1. The zero-order valence-corrected chi connectivity index (χ0v) is 10.5. The standard InChI is InChI=1S/C12H13F2N3O3/c13-9-5-8(11(17(19)20)6-10(9)14)12(18)16-3-1-7(15)2-4-16/h5-7H,1-4,15H2. The number of nitrogens with zero attached hydrogens (tertiary/aromatic N) is 2. The maximum atomic E-state index is 13.2. The molecule has 2 rings (SSSR count). The van der Waals surface area contributed by atoms with Crippen molar-refractivity contribution in [3.05, 3.63) is 39.4 Å². The molecule has 0 aliphatic carbocycles. The second kappa shape index (κ2) is 5.49. The van der Waals surface area contributed by atoms with Crippen molar-refractivity contribution < 1.29 is 18.5 Å². The van der Waals surface area contributed by atoms with Crippen LogP contribution in [-0.4, -0.2) is 34.9 Å². The number of rotatable bonds is 2. The summed E-state index contributed by atoms with van der Waals surface area (Å²) < 4.78 is 26.3. The Bertz CT molecular complexity index is 557. The average molecular weight is 285 g/mol. The number of hydrogen-bond donors (Lipinski definition) is 1. The van der Waals surface area contributed by atoms with E-state index in [2.05, 4.69) is 0 Å². The minimum Gasteiger partial charge on any atom is -0.338 e. The Kier molecular flexibility index (Phi) is 3.93. The van der Waals surface area contributed by atoms with Crippen LogP contribution in [-0.2, 0) is 0 Å². The number of nitrogens with two attached hydrogens (primary N) is 1. The summed E-state index contributed by atoms with van der Waals surface area (Å²) in [6, 6.07) is 0.988. The molecule has 6 nitrogen and oxygen atoms in total. The van der Waals surface area contributed by atoms with Crippen molar-refractivity contribution in [3.8, 4) is 0 Å². The normalized spacial score (nSPS) is 16.2. The number of amides is 1. The molecule has 0 bridgehead atoms. The fourth-order valence-electron chi connectivity index (χ4n) is 2.13. The van der Waals surface area contributed by atoms with E-state index in [9.17, 15) is 23.7 Å². The lowest BCUT2D eigenvalue weighted by Crippen LogP contribution is -2.43. The molecule has 2 N–H and O–H groups in total. The summed E-state index contributed by atoms with van der Waals surface area (Å²) in [5.74, 6) is -3.32. The summed E-state index contributed by atoms with van der Waals surface area (Å²) in [6.07, 6.45) is 1.15. The van der Waals surface area contributed by atoms with Crippen molar-refractivity contribution in [3.63, 3.8) is 0 Å². The largest absolute Gasteiger partial charge is 0.338 e. The predicted octanol–water partition coefficient (Wildman–Crippen LogP) is 1.44. The Morgan fingerprint density at radius 3 is 2.40 bits per heavy atom. The van der Waals surface area contributed by atoms with Gasteiger partial charge >= 0.3 is 0 Å². The molecule has 1 aliphatic heterocycles. The van der Waals surface area contributed by atoms with Crippen molar-refractivity contribution >= 4 is 11.6 Å². The third-order valence-electron chi connectivity index (χ3n) is 3.29. The number of piperidine rings is 1. The smallest absolute Gasteiger partial charge is 0.285 e. The van der Waals surface area contributed by atoms with Gasteiger partial charge in [-0.15, -0.1) is 0 Å². The van der Waals surface area contributed by atoms with Crippen LogP contribution in [0.15, 0.2) is 12.1 Å². The monoisotopic (exact) mass is 285 g/mol. The SMILES string of the molecule is NC1CCN(C(=O)c2cc(F)c(F)cc2[N+](=O)[O-])CC1. The molecule has 0 saturated carbocycles. The Morgan fingerprint density at radius 2 is 1.85 bits per heavy atom. The highest BCUT2D eigenvalue weighted by molar-refractivity contribution is 5.98. The number of carbonyl (C=O) groups excluding carboxylic acids is 1. The van der Waals surface area contributed by atoms with Gasteiger partial charge in [-0.1, -0.05) is 0 Å². The minimum atomic E-state index is -1.35. The molecule has 1 aromatic carbocycles. The highest BCUT2D eigenvalue weighted by Crippen LogP contribution is 2.24. The van der Waals surface area contributed by atoms with E-state index in [1.54, 1.807) is 0 Å². The summed E-state index contributed by atoms with van der Waals surface area (Å²) in [6.45, 7) is 0.687. The maximum Gasteiger partial charge on any atom is 0.285 e. The molecule has 1 heterocycles. The number of carbonyl (C=O) groups is 1. The molecule has 1 saturated heterocycles. The Morgan fingerprint density at radius 1 is 1.30 bits per heavy atom. The molecule has 20 heavy (non-hydrogen) atoms. The highest BCUT2D eigenvalue weighted by atomic mass is 19.2. The summed E-state index contributed by atoms with van der Waals surface area (Å²) in [4.78, 5) is 23.5. The predicted molar refractivity (Wildman–Crippen MR) is 66.1 cm³/mol. The number of nitro benzene ring substituents is 1. The van der Waals surface area contributed by atoms with Gasteiger partial charge in [-0.25, -0.2) is 8.78 Å². The van der Waals surface area contributed by atoms with Crippen molar-refractivity contribution in [1.82, 2.24) is 4.90 Å². The quantitative estimate of drug-likeness (QED) is 0.657. The van der Waals surface area contributed by atoms with E-state index in [0.29, 0.717) is 38.1 Å². The first-order chi connectivity index (χ1) is 9.40. The number of hydrogen-bond acceptors (Lipinski definition) is 4. The van der Waals surface area contributed by atoms with Gasteiger partial charge in [-0.2, -0.15) is 0 Å². The lowest BCUT2D eigenvalue weighted by molar-refractivity contribution is -0.385. The molecule has 0 spiro atoms. The molecule has 1 aromatic rings. The van der Waals surface area contributed by atoms with Crippen molar-refractivity contribution in [2.24, 2.45) is 5.73 Å². The summed E-state index contributed by atoms with van der Waals surface area (Å²) in [5.41, 5.74) is 4.53. The van der Waals surface area contributed by atoms with E-state index in [1.807, 2.05) is 0 Å². The lowest BCUT2D eigenvalue weighted by atomic mass is 10.0. The van der Waals surface area contributed by atoms with Crippen molar-refractivity contribution in [2.75, 3.05) is 13.1 Å². The fourth-order valence-corrected chi connectivity index (χ4v) is 2.13. The van der Waals surface area contributed by atoms with Gasteiger partial charge in [0.25, 0.3) is 11.6 Å². The van der Waals surface area contributed by atoms with Crippen LogP contribution in [0, 0.1) is 21.7 Å². The zero-order chi connectivity index (χ0) is 14.9. The summed E-state index contributed by atoms with van der Waals surface area (Å²) in [7, 11) is 0. The molecule has 1 fully saturated rings. The molecular formula is C12H13F2N3O3. The Balaban J connectivity index is 2.34. The first kappa shape index (κ1) is 14.3. The third kappa shape index (κ3) is 2.74. The maximum absolute atomic E-state index is 13.2. The van der Waals surface area contributed by atoms with Gasteiger partial charge in [0, 0.05) is 19.1 Å². The molecule has 0 atom stereocenters. The van der Waals surface area contributed by atoms with Crippen LogP contribution in [0.25, 0.3) is 0 Å². The molecule has 108 valence electrons. The first-order valence-corrected chi connectivity index (χ1v) is 6.08. The van der Waals surface area contributed by atoms with Gasteiger partial charge in [0.15, 0.2) is 11.6 Å². The lowest BCUT2D eigenvalue weighted by Gasteiger charge is -2.30. The van der Waals surface area contributed by atoms with Gasteiger partial charge in [0.2, 0.25) is 0 Å². The van der Waals surface area contributed by atoms with E-state index in [4.69, 9.17) is 5.73 Å². The Labute approximate surface area is 113 Å². The van der Waals surface area contributed by atoms with Gasteiger partial charge in [-0.3, -0.25) is 14.9 Å². The second-order valence-electron chi connectivity index (χ2n) is 4.67. The number of halogens is 2. The molecule has 8 heteroatoms. The van der Waals surface area contributed by atoms with Crippen LogP contribution in [0.4, 0.5) is 14.5 Å². The van der Waals surface area contributed by atoms with Crippen LogP contribution in [0.3, 0.4) is 0 Å². The number of benzene rings is 1. The average Bonchev–Trinajstić information content (AvgIpc) is 2.41. The highest BCUT2D eigenvalue weighted by Gasteiger charge is 2.29. The van der Waals surface area contributed by atoms with Crippen molar-refractivity contribution in [2.45, 2.75) is 18.9 Å². The molecule has 0 aromatic heterocycles. The Hall–Kier alpha value is -2.09. The molecular weight excluding hydrogens is 272 g/mol. The van der Waals surface area contributed by atoms with Crippen LogP contribution in [0.1, 0.15) is 23.2 Å². The molecule has 1 amide bonds. The van der Waals surface area contributed by atoms with E-state index < -0.39 is 33.7 Å². The number of likely N-dealkylation sites (tertiary alicyclic amines) is 1. The molecule has 0 unspecified atom stereocenters. The minimum absolute atomic E-state index is 0.0148. The van der Waals surface area contributed by atoms with Crippen LogP contribution in [0.2, 0.25) is 0 Å². The van der Waals surface area contributed by atoms with Gasteiger partial charge in [0.1, 0.15) is 5.56 Å².